The van der Waals surface area contributed by atoms with Gasteiger partial charge in [0, 0.05) is 38.5 Å². The molecule has 0 amide bonds. The Balaban J connectivity index is 0.960. The number of fused-ring (bicyclic) bond motifs is 7. The number of rotatable bonds is 16. The standard InChI is InChI=1S/C61H94O28/c1-25(64)78-23-33-44(80-26(2)65)47(81-27(3)66)48(82-28(4)67)55(84-33)86-43-31(68)22-79-52(42(43)74)89-50-49(75)56(5,6)20-30-29-12-13-35-58(8)16-15-36(59(9,24-63)34(58)14-17-61(35,11)60(29,10)19-18-57(30,50)7)85-54-46(40(72)39(71)45(87-54)51(76)77)88-53-41(73)38(70)37(69)32(21-62)83-53/h12,30-50,52-55,62-63,68-75H,13-24H2,1-11H3,(H,76,77)/t30-,31-,32+,33+,34+,35+,36-,37-,38-,39-,40-,41+,42+,43-,44+,45-,46+,47-,48+,49?,50?,52-,53-,54+,55-,57+,58-,59+,60+,61+/m0/s1. The van der Waals surface area contributed by atoms with Crippen LogP contribution in [0, 0.1) is 50.2 Å². The lowest BCUT2D eigenvalue weighted by atomic mass is 9.33. The normalized spacial score (nSPS) is 49.4. The van der Waals surface area contributed by atoms with E-state index >= 15 is 0 Å². The van der Waals surface area contributed by atoms with Gasteiger partial charge in [-0.25, -0.2) is 4.79 Å². The molecule has 30 atom stereocenters. The first-order valence-corrected chi connectivity index (χ1v) is 31.0. The van der Waals surface area contributed by atoms with Crippen molar-refractivity contribution in [3.63, 3.8) is 0 Å². The van der Waals surface area contributed by atoms with Crippen molar-refractivity contribution in [2.45, 2.75) is 263 Å². The fourth-order valence-corrected chi connectivity index (χ4v) is 17.6. The Kier molecular flexibility index (Phi) is 20.3. The topological polar surface area (TPSA) is 419 Å². The van der Waals surface area contributed by atoms with E-state index in [1.165, 1.54) is 5.57 Å². The summed E-state index contributed by atoms with van der Waals surface area (Å²) in [4.78, 5) is 62.0. The third-order valence-corrected chi connectivity index (χ3v) is 22.6. The summed E-state index contributed by atoms with van der Waals surface area (Å²) < 4.78 is 71.3. The number of carboxylic acids is 1. The van der Waals surface area contributed by atoms with Crippen LogP contribution >= 0.6 is 0 Å². The first-order valence-electron chi connectivity index (χ1n) is 31.0. The van der Waals surface area contributed by atoms with Crippen LogP contribution in [0.2, 0.25) is 0 Å². The first kappa shape index (κ1) is 69.7. The zero-order chi connectivity index (χ0) is 65.6. The SMILES string of the molecule is CC(=O)OC[C@H]1O[C@@H](O[C@@H]2[C@@H](O)[C@H](OC3C(O)C(C)(C)C[C@H]4C5=CC[C@@H]6[C@@]7(C)CC[C@H](O[C@@H]8O[C@H](C(=O)O)[C@@H](O)[C@H](O)[C@H]8O[C@@H]8O[C@H](CO)[C@H](O)[C@H](O)[C@H]8O)[C@](C)(CO)[C@@H]7CC[C@@]6(C)[C@]5(C)CC[C@@]34C)OC[C@@H]2O)[C@H](OC(C)=O)[C@@H](OC(C)=O)[C@@H]1OC(C)=O. The molecule has 9 rings (SSSR count). The number of carbonyl (C=O) groups is 5. The molecule has 4 saturated heterocycles. The van der Waals surface area contributed by atoms with Crippen molar-refractivity contribution in [2.24, 2.45) is 50.2 Å². The van der Waals surface area contributed by atoms with Gasteiger partial charge in [-0.3, -0.25) is 19.2 Å². The van der Waals surface area contributed by atoms with Crippen molar-refractivity contribution in [2.75, 3.05) is 26.4 Å². The molecule has 506 valence electrons. The maximum absolute atomic E-state index is 12.6. The van der Waals surface area contributed by atoms with E-state index in [0.717, 1.165) is 27.7 Å². The van der Waals surface area contributed by atoms with E-state index in [9.17, 15) is 80.1 Å². The van der Waals surface area contributed by atoms with Gasteiger partial charge in [-0.15, -0.1) is 0 Å². The van der Waals surface area contributed by atoms with Crippen molar-refractivity contribution < 1.29 is 137 Å². The molecule has 0 spiro atoms. The van der Waals surface area contributed by atoms with Crippen LogP contribution in [0.3, 0.4) is 0 Å². The van der Waals surface area contributed by atoms with Gasteiger partial charge in [-0.1, -0.05) is 60.1 Å². The average molecular weight is 1280 g/mol. The highest BCUT2D eigenvalue weighted by Gasteiger charge is 2.71. The Morgan fingerprint density at radius 2 is 1.19 bits per heavy atom. The van der Waals surface area contributed by atoms with Crippen LogP contribution in [0.1, 0.15) is 128 Å². The molecule has 28 nitrogen and oxygen atoms in total. The van der Waals surface area contributed by atoms with Crippen LogP contribution in [-0.4, -0.2) is 247 Å². The Labute approximate surface area is 516 Å². The van der Waals surface area contributed by atoms with Crippen LogP contribution in [0.25, 0.3) is 0 Å². The summed E-state index contributed by atoms with van der Waals surface area (Å²) in [6.45, 7) is 17.0. The van der Waals surface area contributed by atoms with Gasteiger partial charge in [0.15, 0.2) is 49.6 Å². The molecule has 4 aliphatic heterocycles. The minimum atomic E-state index is -2.06. The van der Waals surface area contributed by atoms with Crippen LogP contribution in [0.5, 0.6) is 0 Å². The summed E-state index contributed by atoms with van der Waals surface area (Å²) in [6, 6.07) is 0. The van der Waals surface area contributed by atoms with E-state index in [4.69, 9.17) is 56.8 Å². The molecule has 0 bridgehead atoms. The predicted octanol–water partition coefficient (Wildman–Crippen LogP) is -0.606. The summed E-state index contributed by atoms with van der Waals surface area (Å²) in [7, 11) is 0. The minimum Gasteiger partial charge on any atom is -0.479 e. The number of esters is 4. The van der Waals surface area contributed by atoms with E-state index in [1.807, 2.05) is 20.8 Å². The Hall–Kier alpha value is -3.63. The number of ether oxygens (including phenoxy) is 12. The number of aliphatic carboxylic acids is 1. The summed E-state index contributed by atoms with van der Waals surface area (Å²) >= 11 is 0. The summed E-state index contributed by atoms with van der Waals surface area (Å²) in [5.41, 5.74) is -2.55. The number of carbonyl (C=O) groups excluding carboxylic acids is 4. The zero-order valence-electron chi connectivity index (χ0n) is 52.4. The molecule has 9 aliphatic rings. The highest BCUT2D eigenvalue weighted by atomic mass is 16.8. The highest BCUT2D eigenvalue weighted by molar-refractivity contribution is 5.73. The maximum Gasteiger partial charge on any atom is 0.335 e. The molecule has 5 aliphatic carbocycles. The zero-order valence-corrected chi connectivity index (χ0v) is 52.4. The lowest BCUT2D eigenvalue weighted by Crippen LogP contribution is -2.69. The summed E-state index contributed by atoms with van der Waals surface area (Å²) in [6.07, 6.45) is -28.7. The average Bonchev–Trinajstić information content (AvgIpc) is 0.680. The van der Waals surface area contributed by atoms with Crippen LogP contribution < -0.4 is 0 Å². The van der Waals surface area contributed by atoms with Crippen molar-refractivity contribution in [1.29, 1.82) is 0 Å². The second-order valence-electron chi connectivity index (χ2n) is 28.3. The lowest BCUT2D eigenvalue weighted by molar-refractivity contribution is -0.375. The second-order valence-corrected chi connectivity index (χ2v) is 28.3. The number of aliphatic hydroxyl groups is 10. The van der Waals surface area contributed by atoms with Crippen molar-refractivity contribution in [3.05, 3.63) is 11.6 Å². The van der Waals surface area contributed by atoms with E-state index in [0.29, 0.717) is 51.4 Å². The van der Waals surface area contributed by atoms with Gasteiger partial charge in [0.25, 0.3) is 0 Å². The van der Waals surface area contributed by atoms with Crippen LogP contribution in [-0.2, 0) is 80.8 Å². The number of hydrogen-bond acceptors (Lipinski definition) is 27. The van der Waals surface area contributed by atoms with E-state index in [1.54, 1.807) is 0 Å². The molecule has 28 heteroatoms. The molecular formula is C61H94O28. The molecular weight excluding hydrogens is 1180 g/mol. The van der Waals surface area contributed by atoms with Crippen LogP contribution in [0.4, 0.5) is 0 Å². The van der Waals surface area contributed by atoms with Gasteiger partial charge in [0.2, 0.25) is 0 Å². The Morgan fingerprint density at radius 1 is 0.573 bits per heavy atom. The molecule has 0 aromatic rings. The van der Waals surface area contributed by atoms with Gasteiger partial charge in [-0.05, 0) is 90.8 Å². The highest BCUT2D eigenvalue weighted by Crippen LogP contribution is 2.76. The third-order valence-electron chi connectivity index (χ3n) is 22.6. The van der Waals surface area contributed by atoms with Gasteiger partial charge >= 0.3 is 29.8 Å². The molecule has 11 N–H and O–H groups in total. The van der Waals surface area contributed by atoms with Crippen molar-refractivity contribution in [1.82, 2.24) is 0 Å². The summed E-state index contributed by atoms with van der Waals surface area (Å²) in [5.74, 6) is -5.30. The first-order chi connectivity index (χ1) is 41.5. The van der Waals surface area contributed by atoms with Gasteiger partial charge < -0.3 is 113 Å². The fourth-order valence-electron chi connectivity index (χ4n) is 17.6. The second kappa shape index (κ2) is 25.9. The Morgan fingerprint density at radius 3 is 1.81 bits per heavy atom. The quantitative estimate of drug-likeness (QED) is 0.0398. The van der Waals surface area contributed by atoms with Gasteiger partial charge in [0.1, 0.15) is 73.8 Å². The number of aliphatic hydroxyl groups excluding tert-OH is 10. The molecule has 4 saturated carbocycles. The number of allylic oxidation sites excluding steroid dienone is 2. The summed E-state index contributed by atoms with van der Waals surface area (Å²) in [5, 5.41) is 122. The molecule has 89 heavy (non-hydrogen) atoms. The van der Waals surface area contributed by atoms with Gasteiger partial charge in [0.05, 0.1) is 38.1 Å². The van der Waals surface area contributed by atoms with Gasteiger partial charge in [-0.2, -0.15) is 0 Å². The van der Waals surface area contributed by atoms with Crippen LogP contribution in [0.15, 0.2) is 11.6 Å². The molecule has 0 radical (unpaired) electrons. The smallest absolute Gasteiger partial charge is 0.335 e. The maximum atomic E-state index is 12.6. The third kappa shape index (κ3) is 12.3. The molecule has 0 aromatic carbocycles. The largest absolute Gasteiger partial charge is 0.479 e. The monoisotopic (exact) mass is 1270 g/mol. The fraction of sp³-hybridized carbons (Fsp3) is 0.885. The lowest BCUT2D eigenvalue weighted by Gasteiger charge is -2.72. The van der Waals surface area contributed by atoms with Crippen molar-refractivity contribution in [3.8, 4) is 0 Å². The molecule has 4 heterocycles. The molecule has 8 fully saturated rings. The molecule has 0 aromatic heterocycles. The predicted molar refractivity (Wildman–Crippen MR) is 298 cm³/mol. The van der Waals surface area contributed by atoms with E-state index in [2.05, 4.69) is 33.8 Å². The van der Waals surface area contributed by atoms with Crippen molar-refractivity contribution >= 4 is 29.8 Å². The van der Waals surface area contributed by atoms with E-state index < -0.39 is 212 Å². The minimum absolute atomic E-state index is 0.0472. The molecule has 2 unspecified atom stereocenters. The van der Waals surface area contributed by atoms with E-state index in [-0.39, 0.29) is 29.8 Å². The Bertz CT molecular complexity index is 2620. The number of hydrogen-bond donors (Lipinski definition) is 11. The number of carboxylic acid groups (broad SMARTS) is 1.